The Bertz CT molecular complexity index is 733. The second-order valence-electron chi connectivity index (χ2n) is 5.94. The molecular formula is C17H20ClFN4O. The van der Waals surface area contributed by atoms with Crippen LogP contribution in [0, 0.1) is 5.82 Å². The fourth-order valence-corrected chi connectivity index (χ4v) is 3.16. The maximum atomic E-state index is 13.9. The van der Waals surface area contributed by atoms with Gasteiger partial charge in [-0.2, -0.15) is 5.10 Å². The third kappa shape index (κ3) is 3.76. The molecule has 1 fully saturated rings. The van der Waals surface area contributed by atoms with E-state index in [4.69, 9.17) is 11.6 Å². The Balaban J connectivity index is 1.74. The lowest BCUT2D eigenvalue weighted by atomic mass is 9.93. The van der Waals surface area contributed by atoms with Gasteiger partial charge in [0, 0.05) is 47.9 Å². The zero-order valence-electron chi connectivity index (χ0n) is 13.4. The molecule has 1 aromatic heterocycles. The van der Waals surface area contributed by atoms with Crippen molar-refractivity contribution in [2.24, 2.45) is 0 Å². The summed E-state index contributed by atoms with van der Waals surface area (Å²) < 4.78 is 15.7. The number of rotatable bonds is 5. The van der Waals surface area contributed by atoms with Crippen LogP contribution in [0.4, 0.5) is 4.39 Å². The fourth-order valence-electron chi connectivity index (χ4n) is 2.97. The maximum Gasteiger partial charge on any atom is 0.220 e. The van der Waals surface area contributed by atoms with Crippen molar-refractivity contribution < 1.29 is 9.18 Å². The van der Waals surface area contributed by atoms with E-state index in [1.165, 1.54) is 12.1 Å². The zero-order valence-corrected chi connectivity index (χ0v) is 14.2. The van der Waals surface area contributed by atoms with Crippen LogP contribution in [0.1, 0.15) is 36.9 Å². The summed E-state index contributed by atoms with van der Waals surface area (Å²) in [5, 5.41) is 11.1. The largest absolute Gasteiger partial charge is 0.348 e. The molecule has 3 rings (SSSR count). The predicted octanol–water partition coefficient (Wildman–Crippen LogP) is 2.81. The number of nitrogens with zero attached hydrogens (tertiary/aromatic N) is 2. The number of carbonyl (C=O) groups is 1. The number of hydrogen-bond acceptors (Lipinski definition) is 3. The lowest BCUT2D eigenvalue weighted by molar-refractivity contribution is -0.123. The van der Waals surface area contributed by atoms with Crippen molar-refractivity contribution in [1.82, 2.24) is 20.4 Å². The van der Waals surface area contributed by atoms with E-state index in [1.807, 2.05) is 17.8 Å². The minimum Gasteiger partial charge on any atom is -0.348 e. The minimum absolute atomic E-state index is 0.00980. The van der Waals surface area contributed by atoms with E-state index in [0.29, 0.717) is 30.0 Å². The fraction of sp³-hybridized carbons (Fsp3) is 0.412. The Kier molecular flexibility index (Phi) is 5.16. The molecule has 7 heteroatoms. The summed E-state index contributed by atoms with van der Waals surface area (Å²) in [5.74, 6) is -0.265. The first kappa shape index (κ1) is 16.9. The molecule has 0 saturated carbocycles. The molecule has 1 aliphatic heterocycles. The molecule has 1 aromatic carbocycles. The summed E-state index contributed by atoms with van der Waals surface area (Å²) in [6.07, 6.45) is 4.85. The van der Waals surface area contributed by atoms with Gasteiger partial charge in [0.15, 0.2) is 0 Å². The van der Waals surface area contributed by atoms with Crippen LogP contribution in [0.5, 0.6) is 0 Å². The maximum absolute atomic E-state index is 13.9. The first-order chi connectivity index (χ1) is 11.6. The molecular weight excluding hydrogens is 331 g/mol. The number of aromatic nitrogens is 2. The van der Waals surface area contributed by atoms with E-state index in [1.54, 1.807) is 12.3 Å². The molecule has 2 aromatic rings. The number of benzene rings is 1. The Labute approximate surface area is 145 Å². The van der Waals surface area contributed by atoms with Crippen LogP contribution in [-0.4, -0.2) is 21.7 Å². The van der Waals surface area contributed by atoms with Gasteiger partial charge in [0.05, 0.1) is 12.2 Å². The molecule has 0 bridgehead atoms. The van der Waals surface area contributed by atoms with Crippen LogP contribution < -0.4 is 10.6 Å². The van der Waals surface area contributed by atoms with Gasteiger partial charge in [-0.25, -0.2) is 4.39 Å². The van der Waals surface area contributed by atoms with Crippen molar-refractivity contribution in [2.45, 2.75) is 44.9 Å². The summed E-state index contributed by atoms with van der Waals surface area (Å²) in [7, 11) is 0. The monoisotopic (exact) mass is 350 g/mol. The molecule has 0 aliphatic carbocycles. The van der Waals surface area contributed by atoms with Crippen LogP contribution in [0.15, 0.2) is 30.6 Å². The highest BCUT2D eigenvalue weighted by Crippen LogP contribution is 2.25. The third-order valence-electron chi connectivity index (χ3n) is 4.30. The van der Waals surface area contributed by atoms with Gasteiger partial charge in [-0.05, 0) is 31.5 Å². The SMILES string of the molecule is CCn1cc([C@@H]2NC(=O)CC[C@H]2NCc2cc(Cl)ccc2F)cn1. The summed E-state index contributed by atoms with van der Waals surface area (Å²) in [6.45, 7) is 3.13. The van der Waals surface area contributed by atoms with Crippen molar-refractivity contribution in [3.63, 3.8) is 0 Å². The van der Waals surface area contributed by atoms with Gasteiger partial charge in [-0.1, -0.05) is 11.6 Å². The Morgan fingerprint density at radius 1 is 1.50 bits per heavy atom. The molecule has 2 N–H and O–H groups in total. The minimum atomic E-state index is -0.290. The standard InChI is InChI=1S/C17H20ClFN4O/c1-2-23-10-12(9-21-23)17-15(5-6-16(24)22-17)20-8-11-7-13(18)3-4-14(11)19/h3-4,7,9-10,15,17,20H,2,5-6,8H2,1H3,(H,22,24)/t15-,17+/m1/s1. The molecule has 2 heterocycles. The predicted molar refractivity (Wildman–Crippen MR) is 90.1 cm³/mol. The Morgan fingerprint density at radius 3 is 3.08 bits per heavy atom. The average molecular weight is 351 g/mol. The van der Waals surface area contributed by atoms with E-state index >= 15 is 0 Å². The lowest BCUT2D eigenvalue weighted by Crippen LogP contribution is -2.48. The van der Waals surface area contributed by atoms with Gasteiger partial charge < -0.3 is 10.6 Å². The number of aryl methyl sites for hydroxylation is 1. The quantitative estimate of drug-likeness (QED) is 0.871. The highest BCUT2D eigenvalue weighted by molar-refractivity contribution is 6.30. The molecule has 1 saturated heterocycles. The van der Waals surface area contributed by atoms with Gasteiger partial charge >= 0.3 is 0 Å². The molecule has 5 nitrogen and oxygen atoms in total. The Morgan fingerprint density at radius 2 is 2.33 bits per heavy atom. The summed E-state index contributed by atoms with van der Waals surface area (Å²) in [6, 6.07) is 4.35. The van der Waals surface area contributed by atoms with Crippen molar-refractivity contribution in [3.8, 4) is 0 Å². The van der Waals surface area contributed by atoms with E-state index in [0.717, 1.165) is 12.1 Å². The average Bonchev–Trinajstić information content (AvgIpc) is 3.05. The molecule has 2 atom stereocenters. The van der Waals surface area contributed by atoms with Crippen molar-refractivity contribution in [3.05, 3.63) is 52.6 Å². The molecule has 24 heavy (non-hydrogen) atoms. The second-order valence-corrected chi connectivity index (χ2v) is 6.37. The molecule has 0 spiro atoms. The number of nitrogens with one attached hydrogen (secondary N) is 2. The summed E-state index contributed by atoms with van der Waals surface area (Å²) in [5.41, 5.74) is 1.47. The first-order valence-electron chi connectivity index (χ1n) is 8.06. The summed E-state index contributed by atoms with van der Waals surface area (Å²) >= 11 is 5.94. The van der Waals surface area contributed by atoms with Crippen LogP contribution in [-0.2, 0) is 17.9 Å². The van der Waals surface area contributed by atoms with Gasteiger partial charge in [0.25, 0.3) is 0 Å². The van der Waals surface area contributed by atoms with Gasteiger partial charge in [0.2, 0.25) is 5.91 Å². The topological polar surface area (TPSA) is 59.0 Å². The summed E-state index contributed by atoms with van der Waals surface area (Å²) in [4.78, 5) is 11.8. The number of carbonyl (C=O) groups excluding carboxylic acids is 1. The van der Waals surface area contributed by atoms with Crippen molar-refractivity contribution >= 4 is 17.5 Å². The molecule has 0 unspecified atom stereocenters. The molecule has 0 radical (unpaired) electrons. The second kappa shape index (κ2) is 7.32. The van der Waals surface area contributed by atoms with E-state index in [-0.39, 0.29) is 23.8 Å². The van der Waals surface area contributed by atoms with Crippen LogP contribution in [0.3, 0.4) is 0 Å². The van der Waals surface area contributed by atoms with E-state index < -0.39 is 0 Å². The normalized spacial score (nSPS) is 20.9. The smallest absolute Gasteiger partial charge is 0.220 e. The number of halogens is 2. The third-order valence-corrected chi connectivity index (χ3v) is 4.54. The van der Waals surface area contributed by atoms with E-state index in [9.17, 15) is 9.18 Å². The number of amides is 1. The molecule has 1 aliphatic rings. The van der Waals surface area contributed by atoms with Crippen LogP contribution >= 0.6 is 11.6 Å². The van der Waals surface area contributed by atoms with Crippen LogP contribution in [0.2, 0.25) is 5.02 Å². The first-order valence-corrected chi connectivity index (χ1v) is 8.43. The highest BCUT2D eigenvalue weighted by atomic mass is 35.5. The number of hydrogen-bond donors (Lipinski definition) is 2. The number of piperidine rings is 1. The van der Waals surface area contributed by atoms with Crippen molar-refractivity contribution in [1.29, 1.82) is 0 Å². The molecule has 1 amide bonds. The molecule has 128 valence electrons. The van der Waals surface area contributed by atoms with Gasteiger partial charge in [0.1, 0.15) is 5.82 Å². The van der Waals surface area contributed by atoms with Gasteiger partial charge in [-0.15, -0.1) is 0 Å². The lowest BCUT2D eigenvalue weighted by Gasteiger charge is -2.32. The Hall–Kier alpha value is -1.92. The van der Waals surface area contributed by atoms with Crippen LogP contribution in [0.25, 0.3) is 0 Å². The van der Waals surface area contributed by atoms with E-state index in [2.05, 4.69) is 15.7 Å². The zero-order chi connectivity index (χ0) is 17.1. The highest BCUT2D eigenvalue weighted by Gasteiger charge is 2.30. The van der Waals surface area contributed by atoms with Crippen molar-refractivity contribution in [2.75, 3.05) is 0 Å². The van der Waals surface area contributed by atoms with Gasteiger partial charge in [-0.3, -0.25) is 9.48 Å².